The molecular weight excluding hydrogens is 612 g/mol. The van der Waals surface area contributed by atoms with Gasteiger partial charge in [0.2, 0.25) is 5.88 Å². The first-order valence-corrected chi connectivity index (χ1v) is 13.2. The van der Waals surface area contributed by atoms with Gasteiger partial charge in [0.05, 0.1) is 40.6 Å². The molecule has 0 amide bonds. The maximum absolute atomic E-state index is 10.6. The molecule has 0 unspecified atom stereocenters. The van der Waals surface area contributed by atoms with Gasteiger partial charge in [-0.3, -0.25) is 15.1 Å². The number of anilines is 1. The summed E-state index contributed by atoms with van der Waals surface area (Å²) in [6, 6.07) is 13.5. The third-order valence-corrected chi connectivity index (χ3v) is 6.49. The zero-order chi connectivity index (χ0) is 31.1. The first-order valence-electron chi connectivity index (χ1n) is 12.4. The number of hydrogen-bond acceptors (Lipinski definition) is 8. The number of carboxylic acids is 1. The number of nitrogens with zero attached hydrogens (tertiary/aromatic N) is 4. The van der Waals surface area contributed by atoms with Crippen LogP contribution in [0.25, 0.3) is 22.2 Å². The average molecular weight is 635 g/mol. The van der Waals surface area contributed by atoms with Crippen molar-refractivity contribution in [2.45, 2.75) is 25.7 Å². The van der Waals surface area contributed by atoms with Crippen molar-refractivity contribution >= 4 is 45.8 Å². The van der Waals surface area contributed by atoms with Crippen LogP contribution in [-0.2, 0) is 11.3 Å². The monoisotopic (exact) mass is 634 g/mol. The number of nitrogens with one attached hydrogen (secondary N) is 2. The highest BCUT2D eigenvalue weighted by molar-refractivity contribution is 6.35. The molecule has 5 aromatic rings. The maximum atomic E-state index is 10.6. The lowest BCUT2D eigenvalue weighted by Crippen LogP contribution is -2.21. The molecule has 0 aliphatic carbocycles. The normalized spacial score (nSPS) is 11.8. The van der Waals surface area contributed by atoms with Gasteiger partial charge in [-0.25, -0.2) is 9.78 Å². The predicted octanol–water partition coefficient (Wildman–Crippen LogP) is 7.12. The van der Waals surface area contributed by atoms with Gasteiger partial charge in [-0.2, -0.15) is 18.3 Å². The Morgan fingerprint density at radius 2 is 1.81 bits per heavy atom. The Morgan fingerprint density at radius 1 is 1.09 bits per heavy atom. The van der Waals surface area contributed by atoms with Gasteiger partial charge in [0.15, 0.2) is 0 Å². The summed E-state index contributed by atoms with van der Waals surface area (Å²) in [7, 11) is 1.59. The molecule has 0 spiro atoms. The summed E-state index contributed by atoms with van der Waals surface area (Å²) in [6.45, 7) is 2.42. The maximum Gasteiger partial charge on any atom is 0.490 e. The van der Waals surface area contributed by atoms with E-state index in [9.17, 15) is 13.2 Å². The van der Waals surface area contributed by atoms with E-state index < -0.39 is 12.1 Å². The molecule has 10 nitrogen and oxygen atoms in total. The summed E-state index contributed by atoms with van der Waals surface area (Å²) in [5, 5.41) is 19.9. The van der Waals surface area contributed by atoms with Crippen LogP contribution in [0.1, 0.15) is 24.3 Å². The molecule has 0 radical (unpaired) electrons. The number of carbonyl (C=O) groups is 1. The van der Waals surface area contributed by atoms with Gasteiger partial charge in [-0.15, -0.1) is 0 Å². The Balaban J connectivity index is 0.000000541. The molecule has 1 aromatic carbocycles. The second kappa shape index (κ2) is 13.6. The SMILES string of the molecule is COc1ncc(-c2n[nH]c3ccc(O[C@H](C)c4c(Cl)cncc4Cl)cc23)cc1NCc1ccccn1.O=C(O)C(F)(F)F. The highest BCUT2D eigenvalue weighted by Crippen LogP contribution is 2.36. The Morgan fingerprint density at radius 3 is 2.44 bits per heavy atom. The van der Waals surface area contributed by atoms with Crippen molar-refractivity contribution in [2.75, 3.05) is 12.4 Å². The number of pyridine rings is 3. The summed E-state index contributed by atoms with van der Waals surface area (Å²) in [5.74, 6) is -1.62. The van der Waals surface area contributed by atoms with E-state index in [1.807, 2.05) is 49.4 Å². The van der Waals surface area contributed by atoms with E-state index in [2.05, 4.69) is 30.5 Å². The Kier molecular flexibility index (Phi) is 9.88. The van der Waals surface area contributed by atoms with Crippen LogP contribution in [-0.4, -0.2) is 49.5 Å². The number of halogens is 5. The number of alkyl halides is 3. The molecule has 0 aliphatic rings. The molecule has 5 rings (SSSR count). The minimum Gasteiger partial charge on any atom is -0.486 e. The smallest absolute Gasteiger partial charge is 0.486 e. The fraction of sp³-hybridized carbons (Fsp3) is 0.179. The molecular formula is C28H23Cl2F3N6O4. The standard InChI is InChI=1S/C26H22Cl2N6O2.C2HF3O2/c1-15(24-20(27)13-29-14-21(24)28)36-18-6-7-22-19(10-18)25(34-33-22)16-9-23(26(35-2)32-11-16)31-12-17-5-3-4-8-30-17;3-2(4,5)1(6)7/h3-11,13-15,31H,12H2,1-2H3,(H,33,34);(H,6,7)/t15-;/m1./s1. The van der Waals surface area contributed by atoms with Gasteiger partial charge >= 0.3 is 12.1 Å². The molecule has 224 valence electrons. The molecule has 3 N–H and O–H groups in total. The minimum absolute atomic E-state index is 0.383. The highest BCUT2D eigenvalue weighted by Gasteiger charge is 2.38. The van der Waals surface area contributed by atoms with Crippen LogP contribution in [0.3, 0.4) is 0 Å². The fourth-order valence-corrected chi connectivity index (χ4v) is 4.59. The van der Waals surface area contributed by atoms with Crippen molar-refractivity contribution in [1.82, 2.24) is 25.1 Å². The molecule has 0 bridgehead atoms. The third kappa shape index (κ3) is 7.81. The second-order valence-corrected chi connectivity index (χ2v) is 9.63. The number of aromatic amines is 1. The van der Waals surface area contributed by atoms with Crippen LogP contribution in [0.15, 0.2) is 67.3 Å². The summed E-state index contributed by atoms with van der Waals surface area (Å²) in [6.07, 6.45) is 1.13. The van der Waals surface area contributed by atoms with Crippen molar-refractivity contribution in [3.8, 4) is 22.9 Å². The van der Waals surface area contributed by atoms with Gasteiger partial charge in [0, 0.05) is 41.3 Å². The first-order chi connectivity index (χ1) is 20.5. The topological polar surface area (TPSA) is 135 Å². The molecule has 0 aliphatic heterocycles. The number of fused-ring (bicyclic) bond motifs is 1. The second-order valence-electron chi connectivity index (χ2n) is 8.81. The molecule has 15 heteroatoms. The number of hydrogen-bond donors (Lipinski definition) is 3. The zero-order valence-electron chi connectivity index (χ0n) is 22.5. The fourth-order valence-electron chi connectivity index (χ4n) is 3.92. The van der Waals surface area contributed by atoms with Gasteiger partial charge in [0.1, 0.15) is 17.5 Å². The van der Waals surface area contributed by atoms with Crippen LogP contribution < -0.4 is 14.8 Å². The summed E-state index contributed by atoms with van der Waals surface area (Å²) in [4.78, 5) is 21.7. The third-order valence-electron chi connectivity index (χ3n) is 5.89. The highest BCUT2D eigenvalue weighted by atomic mass is 35.5. The van der Waals surface area contributed by atoms with Crippen LogP contribution in [0.2, 0.25) is 10.0 Å². The molecule has 4 heterocycles. The van der Waals surface area contributed by atoms with Crippen molar-refractivity contribution in [1.29, 1.82) is 0 Å². The number of H-pyrrole nitrogens is 1. The predicted molar refractivity (Wildman–Crippen MR) is 154 cm³/mol. The lowest BCUT2D eigenvalue weighted by atomic mass is 10.1. The van der Waals surface area contributed by atoms with Crippen LogP contribution in [0.5, 0.6) is 11.6 Å². The lowest BCUT2D eigenvalue weighted by molar-refractivity contribution is -0.192. The first kappa shape index (κ1) is 31.3. The number of rotatable bonds is 8. The number of carboxylic acid groups (broad SMARTS) is 1. The molecule has 1 atom stereocenters. The van der Waals surface area contributed by atoms with Crippen LogP contribution in [0, 0.1) is 0 Å². The van der Waals surface area contributed by atoms with Crippen molar-refractivity contribution in [3.05, 3.63) is 88.6 Å². The van der Waals surface area contributed by atoms with E-state index in [0.29, 0.717) is 33.8 Å². The summed E-state index contributed by atoms with van der Waals surface area (Å²) < 4.78 is 43.4. The average Bonchev–Trinajstić information content (AvgIpc) is 3.39. The van der Waals surface area contributed by atoms with E-state index >= 15 is 0 Å². The van der Waals surface area contributed by atoms with Crippen LogP contribution >= 0.6 is 23.2 Å². The lowest BCUT2D eigenvalue weighted by Gasteiger charge is -2.17. The molecule has 43 heavy (non-hydrogen) atoms. The van der Waals surface area contributed by atoms with E-state index in [4.69, 9.17) is 42.6 Å². The van der Waals surface area contributed by atoms with Gasteiger partial charge in [-0.05, 0) is 43.3 Å². The van der Waals surface area contributed by atoms with Crippen molar-refractivity contribution in [2.24, 2.45) is 0 Å². The number of methoxy groups -OCH3 is 1. The number of ether oxygens (including phenoxy) is 2. The van der Waals surface area contributed by atoms with Crippen molar-refractivity contribution in [3.63, 3.8) is 0 Å². The van der Waals surface area contributed by atoms with Crippen LogP contribution in [0.4, 0.5) is 18.9 Å². The van der Waals surface area contributed by atoms with Gasteiger partial charge in [0.25, 0.3) is 0 Å². The Bertz CT molecular complexity index is 1700. The quantitative estimate of drug-likeness (QED) is 0.163. The van der Waals surface area contributed by atoms with E-state index in [1.54, 1.807) is 31.9 Å². The van der Waals surface area contributed by atoms with E-state index in [-0.39, 0.29) is 6.10 Å². The number of benzene rings is 1. The van der Waals surface area contributed by atoms with Gasteiger partial charge < -0.3 is 19.9 Å². The number of aliphatic carboxylic acids is 1. The summed E-state index contributed by atoms with van der Waals surface area (Å²) in [5.41, 5.74) is 4.74. The minimum atomic E-state index is -5.08. The molecule has 0 saturated carbocycles. The largest absolute Gasteiger partial charge is 0.490 e. The van der Waals surface area contributed by atoms with E-state index in [0.717, 1.165) is 33.5 Å². The van der Waals surface area contributed by atoms with E-state index in [1.165, 1.54) is 0 Å². The van der Waals surface area contributed by atoms with Gasteiger partial charge in [-0.1, -0.05) is 29.3 Å². The molecule has 4 aromatic heterocycles. The van der Waals surface area contributed by atoms with Crippen molar-refractivity contribution < 1.29 is 32.5 Å². The summed E-state index contributed by atoms with van der Waals surface area (Å²) >= 11 is 12.6. The molecule has 0 fully saturated rings. The zero-order valence-corrected chi connectivity index (χ0v) is 24.0. The number of aromatic nitrogens is 5. The molecule has 0 saturated heterocycles. The Labute approximate surface area is 252 Å². The Hall–Kier alpha value is -4.62.